The van der Waals surface area contributed by atoms with Crippen molar-refractivity contribution in [3.8, 4) is 17.1 Å². The number of aromatic amines is 1. The van der Waals surface area contributed by atoms with Crippen LogP contribution < -0.4 is 15.8 Å². The van der Waals surface area contributed by atoms with E-state index < -0.39 is 0 Å². The molecule has 0 radical (unpaired) electrons. The molecule has 3 heterocycles. The number of nitrogens with zero attached hydrogens (tertiary/aromatic N) is 3. The average molecular weight is 388 g/mol. The minimum absolute atomic E-state index is 0.364. The van der Waals surface area contributed by atoms with Crippen LogP contribution in [0.2, 0.25) is 0 Å². The molecular weight excluding hydrogens is 364 g/mol. The molecule has 148 valence electrons. The van der Waals surface area contributed by atoms with Crippen molar-refractivity contribution in [3.63, 3.8) is 0 Å². The maximum absolute atomic E-state index is 6.18. The van der Waals surface area contributed by atoms with Crippen LogP contribution in [0.25, 0.3) is 22.3 Å². The SMILES string of the molecule is COc1cc(CNc2ncnc3[nH]c(-c4ccc(C(C)(C)N)cc4)cc23)ccn1. The lowest BCUT2D eigenvalue weighted by atomic mass is 9.94. The molecule has 0 aliphatic heterocycles. The molecule has 4 N–H and O–H groups in total. The van der Waals surface area contributed by atoms with E-state index in [9.17, 15) is 0 Å². The number of rotatable bonds is 6. The number of methoxy groups -OCH3 is 1. The zero-order valence-electron chi connectivity index (χ0n) is 16.7. The van der Waals surface area contributed by atoms with Gasteiger partial charge in [-0.25, -0.2) is 15.0 Å². The number of aromatic nitrogens is 4. The van der Waals surface area contributed by atoms with E-state index >= 15 is 0 Å². The Hall–Kier alpha value is -3.45. The molecule has 29 heavy (non-hydrogen) atoms. The first-order valence-corrected chi connectivity index (χ1v) is 9.40. The number of fused-ring (bicyclic) bond motifs is 1. The zero-order valence-corrected chi connectivity index (χ0v) is 16.7. The predicted octanol–water partition coefficient (Wildman–Crippen LogP) is 3.83. The van der Waals surface area contributed by atoms with Gasteiger partial charge in [-0.15, -0.1) is 0 Å². The highest BCUT2D eigenvalue weighted by atomic mass is 16.5. The molecule has 0 atom stereocenters. The molecule has 3 aromatic heterocycles. The summed E-state index contributed by atoms with van der Waals surface area (Å²) in [5, 5.41) is 4.31. The fourth-order valence-corrected chi connectivity index (χ4v) is 3.17. The summed E-state index contributed by atoms with van der Waals surface area (Å²) in [5.74, 6) is 1.36. The molecule has 0 saturated heterocycles. The lowest BCUT2D eigenvalue weighted by Crippen LogP contribution is -2.28. The summed E-state index contributed by atoms with van der Waals surface area (Å²) in [4.78, 5) is 16.3. The quantitative estimate of drug-likeness (QED) is 0.464. The molecule has 0 fully saturated rings. The summed E-state index contributed by atoms with van der Waals surface area (Å²) in [6, 6.07) is 14.2. The van der Waals surface area contributed by atoms with Gasteiger partial charge in [0.15, 0.2) is 0 Å². The number of ether oxygens (including phenoxy) is 1. The highest BCUT2D eigenvalue weighted by molar-refractivity contribution is 5.91. The van der Waals surface area contributed by atoms with Crippen LogP contribution in [-0.4, -0.2) is 27.0 Å². The lowest BCUT2D eigenvalue weighted by Gasteiger charge is -2.19. The van der Waals surface area contributed by atoms with Crippen LogP contribution in [0.1, 0.15) is 25.0 Å². The minimum Gasteiger partial charge on any atom is -0.481 e. The Morgan fingerprint density at radius 3 is 2.59 bits per heavy atom. The Morgan fingerprint density at radius 1 is 1.07 bits per heavy atom. The van der Waals surface area contributed by atoms with E-state index in [1.54, 1.807) is 19.6 Å². The average Bonchev–Trinajstić information content (AvgIpc) is 3.17. The monoisotopic (exact) mass is 388 g/mol. The van der Waals surface area contributed by atoms with Gasteiger partial charge in [0, 0.05) is 30.0 Å². The first-order valence-electron chi connectivity index (χ1n) is 9.40. The van der Waals surface area contributed by atoms with Crippen LogP contribution in [-0.2, 0) is 12.1 Å². The first kappa shape index (κ1) is 18.9. The summed E-state index contributed by atoms with van der Waals surface area (Å²) in [6.45, 7) is 4.60. The van der Waals surface area contributed by atoms with E-state index in [1.807, 2.05) is 26.0 Å². The van der Waals surface area contributed by atoms with Crippen molar-refractivity contribution in [2.75, 3.05) is 12.4 Å². The Bertz CT molecular complexity index is 1130. The van der Waals surface area contributed by atoms with Crippen molar-refractivity contribution < 1.29 is 4.74 Å². The molecule has 0 saturated carbocycles. The largest absolute Gasteiger partial charge is 0.481 e. The van der Waals surface area contributed by atoms with Crippen LogP contribution in [0.3, 0.4) is 0 Å². The molecule has 0 spiro atoms. The first-order chi connectivity index (χ1) is 13.9. The summed E-state index contributed by atoms with van der Waals surface area (Å²) >= 11 is 0. The van der Waals surface area contributed by atoms with E-state index in [1.165, 1.54) is 0 Å². The number of anilines is 1. The number of benzene rings is 1. The zero-order chi connectivity index (χ0) is 20.4. The number of pyridine rings is 1. The van der Waals surface area contributed by atoms with Crippen LogP contribution in [0.4, 0.5) is 5.82 Å². The van der Waals surface area contributed by atoms with Crippen molar-refractivity contribution in [3.05, 3.63) is 66.1 Å². The fraction of sp³-hybridized carbons (Fsp3) is 0.227. The second-order valence-electron chi connectivity index (χ2n) is 7.53. The molecule has 0 unspecified atom stereocenters. The van der Waals surface area contributed by atoms with Gasteiger partial charge in [0.1, 0.15) is 17.8 Å². The molecule has 0 aliphatic rings. The number of H-pyrrole nitrogens is 1. The van der Waals surface area contributed by atoms with Gasteiger partial charge in [0.05, 0.1) is 12.5 Å². The Balaban J connectivity index is 1.60. The maximum Gasteiger partial charge on any atom is 0.213 e. The second kappa shape index (κ2) is 7.52. The van der Waals surface area contributed by atoms with Crippen molar-refractivity contribution in [1.82, 2.24) is 19.9 Å². The van der Waals surface area contributed by atoms with Gasteiger partial charge in [-0.05, 0) is 42.7 Å². The third kappa shape index (κ3) is 4.05. The smallest absolute Gasteiger partial charge is 0.213 e. The summed E-state index contributed by atoms with van der Waals surface area (Å²) < 4.78 is 5.18. The summed E-state index contributed by atoms with van der Waals surface area (Å²) in [7, 11) is 1.61. The van der Waals surface area contributed by atoms with Crippen LogP contribution >= 0.6 is 0 Å². The van der Waals surface area contributed by atoms with E-state index in [0.29, 0.717) is 12.4 Å². The Labute approximate surface area is 169 Å². The highest BCUT2D eigenvalue weighted by Gasteiger charge is 2.14. The molecule has 0 aliphatic carbocycles. The standard InChI is InChI=1S/C22H24N6O/c1-22(2,23)16-6-4-15(5-7-16)18-11-17-20(26-13-27-21(17)28-18)25-12-14-8-9-24-19(10-14)29-3/h4-11,13H,12,23H2,1-3H3,(H2,25,26,27,28). The van der Waals surface area contributed by atoms with E-state index in [4.69, 9.17) is 10.5 Å². The van der Waals surface area contributed by atoms with Crippen LogP contribution in [0.5, 0.6) is 5.88 Å². The normalized spacial score (nSPS) is 11.6. The third-order valence-electron chi connectivity index (χ3n) is 4.83. The number of nitrogens with two attached hydrogens (primary N) is 1. The van der Waals surface area contributed by atoms with Gasteiger partial charge in [0.25, 0.3) is 0 Å². The number of nitrogens with one attached hydrogen (secondary N) is 2. The van der Waals surface area contributed by atoms with Gasteiger partial charge in [-0.3, -0.25) is 0 Å². The van der Waals surface area contributed by atoms with Crippen molar-refractivity contribution in [2.24, 2.45) is 5.73 Å². The molecule has 1 aromatic carbocycles. The van der Waals surface area contributed by atoms with Gasteiger partial charge in [0.2, 0.25) is 5.88 Å². The van der Waals surface area contributed by atoms with Crippen LogP contribution in [0, 0.1) is 0 Å². The molecule has 0 bridgehead atoms. The second-order valence-corrected chi connectivity index (χ2v) is 7.53. The molecule has 4 rings (SSSR count). The maximum atomic E-state index is 6.18. The number of hydrogen-bond donors (Lipinski definition) is 3. The van der Waals surface area contributed by atoms with Gasteiger partial charge < -0.3 is 20.8 Å². The highest BCUT2D eigenvalue weighted by Crippen LogP contribution is 2.28. The molecule has 7 heteroatoms. The topological polar surface area (TPSA) is 102 Å². The minimum atomic E-state index is -0.364. The van der Waals surface area contributed by atoms with Crippen LogP contribution in [0.15, 0.2) is 55.0 Å². The van der Waals surface area contributed by atoms with Crippen molar-refractivity contribution in [1.29, 1.82) is 0 Å². The Kier molecular flexibility index (Phi) is 4.90. The van der Waals surface area contributed by atoms with Crippen molar-refractivity contribution in [2.45, 2.75) is 25.9 Å². The summed E-state index contributed by atoms with van der Waals surface area (Å²) in [5.41, 5.74) is 10.8. The lowest BCUT2D eigenvalue weighted by molar-refractivity contribution is 0.397. The summed E-state index contributed by atoms with van der Waals surface area (Å²) in [6.07, 6.45) is 3.28. The Morgan fingerprint density at radius 2 is 1.86 bits per heavy atom. The molecule has 7 nitrogen and oxygen atoms in total. The van der Waals surface area contributed by atoms with Crippen molar-refractivity contribution >= 4 is 16.9 Å². The van der Waals surface area contributed by atoms with Gasteiger partial charge in [-0.1, -0.05) is 24.3 Å². The fourth-order valence-electron chi connectivity index (χ4n) is 3.17. The molecule has 0 amide bonds. The van der Waals surface area contributed by atoms with E-state index in [-0.39, 0.29) is 5.54 Å². The van der Waals surface area contributed by atoms with E-state index in [0.717, 1.165) is 39.2 Å². The van der Waals surface area contributed by atoms with Gasteiger partial charge in [-0.2, -0.15) is 0 Å². The molecule has 4 aromatic rings. The third-order valence-corrected chi connectivity index (χ3v) is 4.83. The van der Waals surface area contributed by atoms with E-state index in [2.05, 4.69) is 55.6 Å². The van der Waals surface area contributed by atoms with Gasteiger partial charge >= 0.3 is 0 Å². The predicted molar refractivity (Wildman–Crippen MR) is 115 cm³/mol. The number of hydrogen-bond acceptors (Lipinski definition) is 6. The molecular formula is C22H24N6O.